The van der Waals surface area contributed by atoms with E-state index in [1.807, 2.05) is 18.2 Å². The third-order valence-electron chi connectivity index (χ3n) is 5.07. The lowest BCUT2D eigenvalue weighted by Crippen LogP contribution is -2.29. The number of nitrogens with zero attached hydrogens (tertiary/aromatic N) is 3. The van der Waals surface area contributed by atoms with E-state index in [0.717, 1.165) is 54.4 Å². The molecule has 1 aromatic carbocycles. The highest BCUT2D eigenvalue weighted by Gasteiger charge is 2.42. The lowest BCUT2D eigenvalue weighted by molar-refractivity contribution is -0.384. The average molecular weight is 377 g/mol. The van der Waals surface area contributed by atoms with Crippen LogP contribution >= 0.6 is 15.9 Å². The van der Waals surface area contributed by atoms with Gasteiger partial charge >= 0.3 is 5.69 Å². The first-order valence-corrected chi connectivity index (χ1v) is 8.56. The monoisotopic (exact) mass is 376 g/mol. The summed E-state index contributed by atoms with van der Waals surface area (Å²) < 4.78 is 0.907. The SMILES string of the molecule is O=[N+]([O-])c1cnc2ccc(Br)cc2c1N1CCC2(CCNC2)C1. The maximum absolute atomic E-state index is 11.5. The van der Waals surface area contributed by atoms with E-state index in [1.54, 1.807) is 0 Å². The minimum absolute atomic E-state index is 0.0959. The Morgan fingerprint density at radius 3 is 3.00 bits per heavy atom. The Morgan fingerprint density at radius 1 is 1.39 bits per heavy atom. The van der Waals surface area contributed by atoms with E-state index in [2.05, 4.69) is 31.1 Å². The molecule has 7 heteroatoms. The van der Waals surface area contributed by atoms with Gasteiger partial charge in [0.05, 0.1) is 10.4 Å². The first kappa shape index (κ1) is 14.8. The van der Waals surface area contributed by atoms with Gasteiger partial charge in [-0.25, -0.2) is 4.98 Å². The summed E-state index contributed by atoms with van der Waals surface area (Å²) in [6.45, 7) is 3.77. The van der Waals surface area contributed by atoms with Crippen molar-refractivity contribution in [2.24, 2.45) is 5.41 Å². The van der Waals surface area contributed by atoms with Gasteiger partial charge in [0.2, 0.25) is 0 Å². The van der Waals surface area contributed by atoms with E-state index in [-0.39, 0.29) is 16.0 Å². The molecule has 0 saturated carbocycles. The molecule has 1 N–H and O–H groups in total. The molecular weight excluding hydrogens is 360 g/mol. The van der Waals surface area contributed by atoms with E-state index in [9.17, 15) is 10.1 Å². The highest BCUT2D eigenvalue weighted by Crippen LogP contribution is 2.43. The molecule has 1 aromatic heterocycles. The van der Waals surface area contributed by atoms with Crippen molar-refractivity contribution in [1.82, 2.24) is 10.3 Å². The van der Waals surface area contributed by atoms with Crippen LogP contribution in [0.15, 0.2) is 28.9 Å². The Labute approximate surface area is 142 Å². The summed E-state index contributed by atoms with van der Waals surface area (Å²) in [5.74, 6) is 0. The minimum Gasteiger partial charge on any atom is -0.365 e. The molecule has 3 heterocycles. The van der Waals surface area contributed by atoms with Crippen LogP contribution in [0.25, 0.3) is 10.9 Å². The zero-order valence-corrected chi connectivity index (χ0v) is 14.2. The number of nitro groups is 1. The predicted octanol–water partition coefficient (Wildman–Crippen LogP) is 3.10. The van der Waals surface area contributed by atoms with E-state index in [4.69, 9.17) is 0 Å². The topological polar surface area (TPSA) is 71.3 Å². The number of nitrogens with one attached hydrogen (secondary N) is 1. The second kappa shape index (κ2) is 5.42. The van der Waals surface area contributed by atoms with Crippen LogP contribution in [0.5, 0.6) is 0 Å². The molecule has 1 spiro atoms. The van der Waals surface area contributed by atoms with Crippen molar-refractivity contribution < 1.29 is 4.92 Å². The minimum atomic E-state index is -0.319. The molecule has 1 atom stereocenters. The normalized spacial score (nSPS) is 24.0. The van der Waals surface area contributed by atoms with Crippen LogP contribution in [-0.4, -0.2) is 36.1 Å². The maximum atomic E-state index is 11.5. The van der Waals surface area contributed by atoms with Crippen molar-refractivity contribution in [1.29, 1.82) is 0 Å². The van der Waals surface area contributed by atoms with Crippen LogP contribution in [0.2, 0.25) is 0 Å². The second-order valence-corrected chi connectivity index (χ2v) is 7.42. The largest absolute Gasteiger partial charge is 0.365 e. The number of benzene rings is 1. The average Bonchev–Trinajstić information content (AvgIpc) is 3.16. The van der Waals surface area contributed by atoms with Gasteiger partial charge in [-0.2, -0.15) is 0 Å². The number of pyridine rings is 1. The van der Waals surface area contributed by atoms with Gasteiger partial charge in [0.25, 0.3) is 0 Å². The Kier molecular flexibility index (Phi) is 3.50. The van der Waals surface area contributed by atoms with Crippen molar-refractivity contribution in [3.05, 3.63) is 39.0 Å². The number of rotatable bonds is 2. The van der Waals surface area contributed by atoms with Crippen LogP contribution in [0.1, 0.15) is 12.8 Å². The van der Waals surface area contributed by atoms with E-state index in [0.29, 0.717) is 5.69 Å². The summed E-state index contributed by atoms with van der Waals surface area (Å²) in [5, 5.41) is 15.8. The Bertz CT molecular complexity index is 789. The molecule has 0 aliphatic carbocycles. The summed E-state index contributed by atoms with van der Waals surface area (Å²) in [5.41, 5.74) is 1.86. The third kappa shape index (κ3) is 2.48. The molecule has 4 rings (SSSR count). The Morgan fingerprint density at radius 2 is 2.26 bits per heavy atom. The smallest absolute Gasteiger partial charge is 0.311 e. The van der Waals surface area contributed by atoms with Gasteiger partial charge in [0.1, 0.15) is 11.9 Å². The maximum Gasteiger partial charge on any atom is 0.311 e. The van der Waals surface area contributed by atoms with Gasteiger partial charge in [-0.15, -0.1) is 0 Å². The van der Waals surface area contributed by atoms with Gasteiger partial charge in [-0.3, -0.25) is 10.1 Å². The molecule has 120 valence electrons. The lowest BCUT2D eigenvalue weighted by Gasteiger charge is -2.24. The number of halogens is 1. The van der Waals surface area contributed by atoms with Crippen LogP contribution in [0, 0.1) is 15.5 Å². The number of hydrogen-bond donors (Lipinski definition) is 1. The zero-order chi connectivity index (χ0) is 16.0. The molecule has 2 saturated heterocycles. The van der Waals surface area contributed by atoms with Gasteiger partial charge in [-0.1, -0.05) is 15.9 Å². The second-order valence-electron chi connectivity index (χ2n) is 6.51. The van der Waals surface area contributed by atoms with Crippen molar-refractivity contribution in [3.63, 3.8) is 0 Å². The third-order valence-corrected chi connectivity index (χ3v) is 5.56. The van der Waals surface area contributed by atoms with Crippen LogP contribution in [0.4, 0.5) is 11.4 Å². The molecule has 0 radical (unpaired) electrons. The van der Waals surface area contributed by atoms with Gasteiger partial charge in [0.15, 0.2) is 0 Å². The number of fused-ring (bicyclic) bond motifs is 1. The van der Waals surface area contributed by atoms with Gasteiger partial charge in [0, 0.05) is 34.9 Å². The summed E-state index contributed by atoms with van der Waals surface area (Å²) in [4.78, 5) is 17.7. The molecule has 6 nitrogen and oxygen atoms in total. The van der Waals surface area contributed by atoms with Crippen molar-refractivity contribution >= 4 is 38.2 Å². The zero-order valence-electron chi connectivity index (χ0n) is 12.6. The molecule has 2 aliphatic rings. The van der Waals surface area contributed by atoms with E-state index < -0.39 is 0 Å². The predicted molar refractivity (Wildman–Crippen MR) is 92.8 cm³/mol. The Hall–Kier alpha value is -1.73. The van der Waals surface area contributed by atoms with Gasteiger partial charge in [-0.05, 0) is 37.6 Å². The Balaban J connectivity index is 1.85. The quantitative estimate of drug-likeness (QED) is 0.643. The molecule has 2 fully saturated rings. The molecule has 2 aliphatic heterocycles. The molecule has 0 amide bonds. The molecule has 2 aromatic rings. The van der Waals surface area contributed by atoms with Gasteiger partial charge < -0.3 is 10.2 Å². The van der Waals surface area contributed by atoms with E-state index >= 15 is 0 Å². The number of anilines is 1. The summed E-state index contributed by atoms with van der Waals surface area (Å²) in [7, 11) is 0. The van der Waals surface area contributed by atoms with Crippen LogP contribution in [0.3, 0.4) is 0 Å². The fourth-order valence-electron chi connectivity index (χ4n) is 3.88. The molecule has 23 heavy (non-hydrogen) atoms. The lowest BCUT2D eigenvalue weighted by atomic mass is 9.86. The van der Waals surface area contributed by atoms with Crippen LogP contribution < -0.4 is 10.2 Å². The van der Waals surface area contributed by atoms with Crippen LogP contribution in [-0.2, 0) is 0 Å². The van der Waals surface area contributed by atoms with Crippen molar-refractivity contribution in [3.8, 4) is 0 Å². The first-order chi connectivity index (χ1) is 11.1. The standard InChI is InChI=1S/C16H17BrN4O2/c17-11-1-2-13-12(7-11)15(14(8-19-13)21(22)23)20-6-4-16(10-20)3-5-18-9-16/h1-2,7-8,18H,3-6,9-10H2. The van der Waals surface area contributed by atoms with Crippen molar-refractivity contribution in [2.45, 2.75) is 12.8 Å². The summed E-state index contributed by atoms with van der Waals surface area (Å²) >= 11 is 3.47. The van der Waals surface area contributed by atoms with Crippen molar-refractivity contribution in [2.75, 3.05) is 31.1 Å². The number of aromatic nitrogens is 1. The highest BCUT2D eigenvalue weighted by atomic mass is 79.9. The summed E-state index contributed by atoms with van der Waals surface area (Å²) in [6, 6.07) is 5.75. The summed E-state index contributed by atoms with van der Waals surface area (Å²) in [6.07, 6.45) is 3.61. The first-order valence-electron chi connectivity index (χ1n) is 7.76. The van der Waals surface area contributed by atoms with E-state index in [1.165, 1.54) is 6.20 Å². The highest BCUT2D eigenvalue weighted by molar-refractivity contribution is 9.10. The fraction of sp³-hybridized carbons (Fsp3) is 0.438. The fourth-order valence-corrected chi connectivity index (χ4v) is 4.24. The molecule has 1 unspecified atom stereocenters. The molecule has 0 bridgehead atoms. The number of hydrogen-bond acceptors (Lipinski definition) is 5. The molecular formula is C16H17BrN4O2.